The zero-order chi connectivity index (χ0) is 15.5. The summed E-state index contributed by atoms with van der Waals surface area (Å²) >= 11 is 0. The molecule has 0 aromatic heterocycles. The van der Waals surface area contributed by atoms with Crippen LogP contribution in [0.15, 0.2) is 53.4 Å². The monoisotopic (exact) mass is 304 g/mol. The van der Waals surface area contributed by atoms with Crippen molar-refractivity contribution in [2.45, 2.75) is 31.3 Å². The SMILES string of the molecule is Cc1ccccc1CNS(=O)(=O)c1ccc(C(C)N)cc1. The quantitative estimate of drug-likeness (QED) is 0.891. The number of nitrogens with one attached hydrogen (secondary N) is 1. The lowest BCUT2D eigenvalue weighted by atomic mass is 10.1. The van der Waals surface area contributed by atoms with Crippen molar-refractivity contribution in [1.29, 1.82) is 0 Å². The lowest BCUT2D eigenvalue weighted by Gasteiger charge is -2.10. The lowest BCUT2D eigenvalue weighted by Crippen LogP contribution is -2.23. The third kappa shape index (κ3) is 3.91. The molecule has 0 aliphatic carbocycles. The molecule has 0 aliphatic heterocycles. The Kier molecular flexibility index (Phi) is 4.77. The van der Waals surface area contributed by atoms with Gasteiger partial charge in [-0.2, -0.15) is 0 Å². The molecule has 0 bridgehead atoms. The van der Waals surface area contributed by atoms with E-state index >= 15 is 0 Å². The molecule has 112 valence electrons. The van der Waals surface area contributed by atoms with Gasteiger partial charge in [-0.1, -0.05) is 36.4 Å². The van der Waals surface area contributed by atoms with Crippen LogP contribution in [-0.2, 0) is 16.6 Å². The van der Waals surface area contributed by atoms with Crippen LogP contribution in [0.1, 0.15) is 29.7 Å². The Bertz CT molecular complexity index is 707. The predicted molar refractivity (Wildman–Crippen MR) is 84.2 cm³/mol. The van der Waals surface area contributed by atoms with Crippen LogP contribution in [0.25, 0.3) is 0 Å². The molecule has 0 radical (unpaired) electrons. The van der Waals surface area contributed by atoms with Gasteiger partial charge in [0.05, 0.1) is 4.90 Å². The van der Waals surface area contributed by atoms with Gasteiger partial charge >= 0.3 is 0 Å². The normalized spacial score (nSPS) is 13.1. The number of rotatable bonds is 5. The molecule has 0 spiro atoms. The first-order chi connectivity index (χ1) is 9.90. The van der Waals surface area contributed by atoms with Gasteiger partial charge in [-0.3, -0.25) is 0 Å². The molecule has 0 heterocycles. The third-order valence-electron chi connectivity index (χ3n) is 3.43. The van der Waals surface area contributed by atoms with Gasteiger partial charge in [0, 0.05) is 12.6 Å². The highest BCUT2D eigenvalue weighted by molar-refractivity contribution is 7.89. The molecule has 0 saturated carbocycles. The molecule has 0 saturated heterocycles. The standard InChI is InChI=1S/C16H20N2O2S/c1-12-5-3-4-6-15(12)11-18-21(19,20)16-9-7-14(8-10-16)13(2)17/h3-10,13,18H,11,17H2,1-2H3. The minimum Gasteiger partial charge on any atom is -0.324 e. The summed E-state index contributed by atoms with van der Waals surface area (Å²) in [7, 11) is -3.51. The summed E-state index contributed by atoms with van der Waals surface area (Å²) in [5.41, 5.74) is 8.70. The number of nitrogens with two attached hydrogens (primary N) is 1. The van der Waals surface area contributed by atoms with Crippen LogP contribution in [-0.4, -0.2) is 8.42 Å². The number of hydrogen-bond acceptors (Lipinski definition) is 3. The zero-order valence-corrected chi connectivity index (χ0v) is 13.0. The second-order valence-electron chi connectivity index (χ2n) is 5.11. The first-order valence-electron chi connectivity index (χ1n) is 6.80. The maximum absolute atomic E-state index is 12.3. The van der Waals surface area contributed by atoms with E-state index in [0.717, 1.165) is 16.7 Å². The average Bonchev–Trinajstić information content (AvgIpc) is 2.46. The Morgan fingerprint density at radius 2 is 1.71 bits per heavy atom. The minimum atomic E-state index is -3.51. The summed E-state index contributed by atoms with van der Waals surface area (Å²) < 4.78 is 27.1. The largest absolute Gasteiger partial charge is 0.324 e. The van der Waals surface area contributed by atoms with Crippen molar-refractivity contribution in [3.8, 4) is 0 Å². The van der Waals surface area contributed by atoms with Crippen molar-refractivity contribution < 1.29 is 8.42 Å². The van der Waals surface area contributed by atoms with Crippen molar-refractivity contribution in [3.63, 3.8) is 0 Å². The van der Waals surface area contributed by atoms with Crippen LogP contribution in [0.2, 0.25) is 0 Å². The van der Waals surface area contributed by atoms with Crippen LogP contribution < -0.4 is 10.5 Å². The second-order valence-corrected chi connectivity index (χ2v) is 6.88. The van der Waals surface area contributed by atoms with Gasteiger partial charge in [0.25, 0.3) is 0 Å². The molecule has 0 aliphatic rings. The van der Waals surface area contributed by atoms with E-state index in [0.29, 0.717) is 0 Å². The topological polar surface area (TPSA) is 72.2 Å². The van der Waals surface area contributed by atoms with E-state index in [1.807, 2.05) is 38.1 Å². The smallest absolute Gasteiger partial charge is 0.240 e. The average molecular weight is 304 g/mol. The first-order valence-corrected chi connectivity index (χ1v) is 8.28. The molecule has 2 aromatic carbocycles. The van der Waals surface area contributed by atoms with Crippen LogP contribution in [0.5, 0.6) is 0 Å². The van der Waals surface area contributed by atoms with Gasteiger partial charge < -0.3 is 5.73 Å². The van der Waals surface area contributed by atoms with Crippen LogP contribution in [0.4, 0.5) is 0 Å². The Labute approximate surface area is 126 Å². The number of hydrogen-bond donors (Lipinski definition) is 2. The molecule has 1 atom stereocenters. The fourth-order valence-corrected chi connectivity index (χ4v) is 3.02. The van der Waals surface area contributed by atoms with Crippen molar-refractivity contribution in [1.82, 2.24) is 4.72 Å². The van der Waals surface area contributed by atoms with E-state index in [1.54, 1.807) is 24.3 Å². The fourth-order valence-electron chi connectivity index (χ4n) is 2.02. The molecule has 2 rings (SSSR count). The number of benzene rings is 2. The lowest BCUT2D eigenvalue weighted by molar-refractivity contribution is 0.581. The van der Waals surface area contributed by atoms with Gasteiger partial charge in [0.15, 0.2) is 0 Å². The Morgan fingerprint density at radius 3 is 2.29 bits per heavy atom. The van der Waals surface area contributed by atoms with E-state index < -0.39 is 10.0 Å². The molecule has 4 nitrogen and oxygen atoms in total. The molecule has 21 heavy (non-hydrogen) atoms. The number of sulfonamides is 1. The van der Waals surface area contributed by atoms with Crippen LogP contribution in [0, 0.1) is 6.92 Å². The summed E-state index contributed by atoms with van der Waals surface area (Å²) in [5, 5.41) is 0. The van der Waals surface area contributed by atoms with E-state index in [1.165, 1.54) is 0 Å². The van der Waals surface area contributed by atoms with Crippen molar-refractivity contribution in [3.05, 3.63) is 65.2 Å². The second kappa shape index (κ2) is 6.39. The zero-order valence-electron chi connectivity index (χ0n) is 12.2. The maximum Gasteiger partial charge on any atom is 0.240 e. The van der Waals surface area contributed by atoms with Gasteiger partial charge in [-0.15, -0.1) is 0 Å². The summed E-state index contributed by atoms with van der Waals surface area (Å²) in [6.45, 7) is 4.10. The summed E-state index contributed by atoms with van der Waals surface area (Å²) in [6, 6.07) is 14.2. The highest BCUT2D eigenvalue weighted by Crippen LogP contribution is 2.15. The van der Waals surface area contributed by atoms with E-state index in [-0.39, 0.29) is 17.5 Å². The molecule has 3 N–H and O–H groups in total. The van der Waals surface area contributed by atoms with Crippen LogP contribution >= 0.6 is 0 Å². The Morgan fingerprint density at radius 1 is 1.10 bits per heavy atom. The molecule has 1 unspecified atom stereocenters. The molecular weight excluding hydrogens is 284 g/mol. The number of aryl methyl sites for hydroxylation is 1. The van der Waals surface area contributed by atoms with Gasteiger partial charge in [0.1, 0.15) is 0 Å². The van der Waals surface area contributed by atoms with E-state index in [4.69, 9.17) is 5.73 Å². The highest BCUT2D eigenvalue weighted by Gasteiger charge is 2.14. The third-order valence-corrected chi connectivity index (χ3v) is 4.85. The predicted octanol–water partition coefficient (Wildman–Crippen LogP) is 2.49. The highest BCUT2D eigenvalue weighted by atomic mass is 32.2. The van der Waals surface area contributed by atoms with Gasteiger partial charge in [-0.05, 0) is 42.7 Å². The summed E-state index contributed by atoms with van der Waals surface area (Å²) in [6.07, 6.45) is 0. The van der Waals surface area contributed by atoms with Gasteiger partial charge in [-0.25, -0.2) is 13.1 Å². The maximum atomic E-state index is 12.3. The summed E-state index contributed by atoms with van der Waals surface area (Å²) in [5.74, 6) is 0. The molecular formula is C16H20N2O2S. The van der Waals surface area contributed by atoms with Crippen molar-refractivity contribution in [2.24, 2.45) is 5.73 Å². The first kappa shape index (κ1) is 15.7. The van der Waals surface area contributed by atoms with Crippen molar-refractivity contribution in [2.75, 3.05) is 0 Å². The van der Waals surface area contributed by atoms with Crippen molar-refractivity contribution >= 4 is 10.0 Å². The van der Waals surface area contributed by atoms with E-state index in [9.17, 15) is 8.42 Å². The van der Waals surface area contributed by atoms with Gasteiger partial charge in [0.2, 0.25) is 10.0 Å². The molecule has 0 fully saturated rings. The van der Waals surface area contributed by atoms with Crippen LogP contribution in [0.3, 0.4) is 0 Å². The molecule has 0 amide bonds. The summed E-state index contributed by atoms with van der Waals surface area (Å²) in [4.78, 5) is 0.250. The van der Waals surface area contributed by atoms with E-state index in [2.05, 4.69) is 4.72 Å². The molecule has 5 heteroatoms. The molecule has 2 aromatic rings. The Balaban J connectivity index is 2.13. The minimum absolute atomic E-state index is 0.110. The Hall–Kier alpha value is -1.69. The fraction of sp³-hybridized carbons (Fsp3) is 0.250.